The van der Waals surface area contributed by atoms with Crippen molar-refractivity contribution < 1.29 is 9.53 Å². The Morgan fingerprint density at radius 2 is 2.25 bits per heavy atom. The molecule has 3 nitrogen and oxygen atoms in total. The number of carbonyl (C=O) groups excluding carboxylic acids is 1. The molecule has 0 radical (unpaired) electrons. The zero-order valence-electron chi connectivity index (χ0n) is 10.6. The van der Waals surface area contributed by atoms with Gasteiger partial charge in [0, 0.05) is 6.04 Å². The molecule has 2 unspecified atom stereocenters. The lowest BCUT2D eigenvalue weighted by molar-refractivity contribution is -0.147. The minimum Gasteiger partial charge on any atom is -0.469 e. The topological polar surface area (TPSA) is 38.3 Å². The first-order chi connectivity index (χ1) is 7.79. The van der Waals surface area contributed by atoms with Crippen molar-refractivity contribution in [2.24, 2.45) is 5.92 Å². The highest BCUT2D eigenvalue weighted by molar-refractivity contribution is 5.73. The van der Waals surface area contributed by atoms with Gasteiger partial charge in [0.05, 0.1) is 13.0 Å². The quantitative estimate of drug-likeness (QED) is 0.559. The van der Waals surface area contributed by atoms with Crippen LogP contribution in [-0.2, 0) is 9.53 Å². The Morgan fingerprint density at radius 1 is 1.44 bits per heavy atom. The van der Waals surface area contributed by atoms with E-state index in [1.165, 1.54) is 32.8 Å². The first-order valence-corrected chi connectivity index (χ1v) is 6.60. The highest BCUT2D eigenvalue weighted by Gasteiger charge is 2.29. The van der Waals surface area contributed by atoms with Crippen LogP contribution in [0.15, 0.2) is 0 Å². The van der Waals surface area contributed by atoms with E-state index in [0.717, 1.165) is 25.8 Å². The van der Waals surface area contributed by atoms with Crippen molar-refractivity contribution in [3.63, 3.8) is 0 Å². The molecule has 1 aliphatic rings. The molecule has 1 fully saturated rings. The van der Waals surface area contributed by atoms with Gasteiger partial charge in [-0.3, -0.25) is 4.79 Å². The Labute approximate surface area is 98.9 Å². The number of hydrogen-bond acceptors (Lipinski definition) is 3. The summed E-state index contributed by atoms with van der Waals surface area (Å²) in [7, 11) is 1.50. The number of nitrogens with one attached hydrogen (secondary N) is 1. The van der Waals surface area contributed by atoms with Crippen LogP contribution in [0.25, 0.3) is 0 Å². The highest BCUT2D eigenvalue weighted by atomic mass is 16.5. The van der Waals surface area contributed by atoms with E-state index in [-0.39, 0.29) is 11.9 Å². The SMILES string of the molecule is CCCCCC(C(=O)OC)C1CCCCN1. The molecule has 0 spiro atoms. The maximum absolute atomic E-state index is 11.7. The summed E-state index contributed by atoms with van der Waals surface area (Å²) in [5.74, 6) is 0.0346. The van der Waals surface area contributed by atoms with Crippen LogP contribution in [0.4, 0.5) is 0 Å². The second kappa shape index (κ2) is 7.66. The van der Waals surface area contributed by atoms with Crippen LogP contribution in [0.2, 0.25) is 0 Å². The molecule has 3 heteroatoms. The van der Waals surface area contributed by atoms with Gasteiger partial charge < -0.3 is 10.1 Å². The summed E-state index contributed by atoms with van der Waals surface area (Å²) < 4.78 is 4.92. The molecule has 0 aliphatic carbocycles. The Hall–Kier alpha value is -0.570. The van der Waals surface area contributed by atoms with Gasteiger partial charge in [0.25, 0.3) is 0 Å². The second-order valence-electron chi connectivity index (χ2n) is 4.68. The van der Waals surface area contributed by atoms with Crippen molar-refractivity contribution in [3.05, 3.63) is 0 Å². The minimum absolute atomic E-state index is 0.0319. The maximum Gasteiger partial charge on any atom is 0.310 e. The monoisotopic (exact) mass is 227 g/mol. The molecule has 1 aliphatic heterocycles. The zero-order chi connectivity index (χ0) is 11.8. The van der Waals surface area contributed by atoms with E-state index in [1.807, 2.05) is 0 Å². The number of unbranched alkanes of at least 4 members (excludes halogenated alkanes) is 2. The fraction of sp³-hybridized carbons (Fsp3) is 0.923. The lowest BCUT2D eigenvalue weighted by Gasteiger charge is -2.29. The Balaban J connectivity index is 2.44. The fourth-order valence-electron chi connectivity index (χ4n) is 2.47. The lowest BCUT2D eigenvalue weighted by atomic mass is 9.88. The molecule has 0 amide bonds. The van der Waals surface area contributed by atoms with Gasteiger partial charge >= 0.3 is 5.97 Å². The van der Waals surface area contributed by atoms with E-state index in [1.54, 1.807) is 0 Å². The van der Waals surface area contributed by atoms with Gasteiger partial charge in [-0.2, -0.15) is 0 Å². The van der Waals surface area contributed by atoms with E-state index in [0.29, 0.717) is 6.04 Å². The third kappa shape index (κ3) is 4.12. The number of carbonyl (C=O) groups is 1. The number of piperidine rings is 1. The van der Waals surface area contributed by atoms with Crippen LogP contribution < -0.4 is 5.32 Å². The van der Waals surface area contributed by atoms with Gasteiger partial charge in [0.1, 0.15) is 0 Å². The van der Waals surface area contributed by atoms with E-state index < -0.39 is 0 Å². The van der Waals surface area contributed by atoms with E-state index in [2.05, 4.69) is 12.2 Å². The third-order valence-electron chi connectivity index (χ3n) is 3.46. The van der Waals surface area contributed by atoms with Crippen molar-refractivity contribution in [3.8, 4) is 0 Å². The summed E-state index contributed by atoms with van der Waals surface area (Å²) in [4.78, 5) is 11.7. The van der Waals surface area contributed by atoms with Crippen LogP contribution in [0.1, 0.15) is 51.9 Å². The van der Waals surface area contributed by atoms with Gasteiger partial charge in [0.2, 0.25) is 0 Å². The van der Waals surface area contributed by atoms with E-state index in [9.17, 15) is 4.79 Å². The Bertz CT molecular complexity index is 200. The predicted octanol–water partition coefficient (Wildman–Crippen LogP) is 2.50. The van der Waals surface area contributed by atoms with Gasteiger partial charge in [-0.05, 0) is 25.8 Å². The molecule has 16 heavy (non-hydrogen) atoms. The van der Waals surface area contributed by atoms with E-state index >= 15 is 0 Å². The summed E-state index contributed by atoms with van der Waals surface area (Å²) in [6, 6.07) is 0.345. The minimum atomic E-state index is -0.0319. The Kier molecular flexibility index (Phi) is 6.46. The normalized spacial score (nSPS) is 22.8. The molecule has 0 saturated carbocycles. The maximum atomic E-state index is 11.7. The number of esters is 1. The second-order valence-corrected chi connectivity index (χ2v) is 4.68. The molecular formula is C13H25NO2. The first kappa shape index (κ1) is 13.5. The molecule has 0 aromatic heterocycles. The van der Waals surface area contributed by atoms with Crippen LogP contribution in [0.3, 0.4) is 0 Å². The van der Waals surface area contributed by atoms with Gasteiger partial charge in [-0.1, -0.05) is 32.6 Å². The number of ether oxygens (including phenoxy) is 1. The van der Waals surface area contributed by atoms with Crippen LogP contribution in [0.5, 0.6) is 0 Å². The van der Waals surface area contributed by atoms with Crippen molar-refractivity contribution in [2.45, 2.75) is 57.9 Å². The van der Waals surface area contributed by atoms with Crippen molar-refractivity contribution in [1.29, 1.82) is 0 Å². The van der Waals surface area contributed by atoms with Crippen molar-refractivity contribution in [1.82, 2.24) is 5.32 Å². The Morgan fingerprint density at radius 3 is 2.81 bits per heavy atom. The molecule has 1 heterocycles. The average Bonchev–Trinajstić information content (AvgIpc) is 2.35. The zero-order valence-corrected chi connectivity index (χ0v) is 10.6. The fourth-order valence-corrected chi connectivity index (χ4v) is 2.47. The summed E-state index contributed by atoms with van der Waals surface area (Å²) in [6.45, 7) is 3.23. The summed E-state index contributed by atoms with van der Waals surface area (Å²) in [5, 5.41) is 3.46. The lowest BCUT2D eigenvalue weighted by Crippen LogP contribution is -2.43. The third-order valence-corrected chi connectivity index (χ3v) is 3.46. The van der Waals surface area contributed by atoms with Crippen molar-refractivity contribution >= 4 is 5.97 Å². The molecule has 2 atom stereocenters. The van der Waals surface area contributed by atoms with Crippen LogP contribution in [0, 0.1) is 5.92 Å². The van der Waals surface area contributed by atoms with Crippen LogP contribution in [-0.4, -0.2) is 25.7 Å². The molecule has 1 rings (SSSR count). The molecule has 1 saturated heterocycles. The van der Waals surface area contributed by atoms with E-state index in [4.69, 9.17) is 4.74 Å². The largest absolute Gasteiger partial charge is 0.469 e. The molecule has 0 aromatic carbocycles. The number of methoxy groups -OCH3 is 1. The summed E-state index contributed by atoms with van der Waals surface area (Å²) in [5.41, 5.74) is 0. The predicted molar refractivity (Wildman–Crippen MR) is 65.3 cm³/mol. The number of rotatable bonds is 6. The standard InChI is InChI=1S/C13H25NO2/c1-3-4-5-8-11(13(15)16-2)12-9-6-7-10-14-12/h11-12,14H,3-10H2,1-2H3. The number of hydrogen-bond donors (Lipinski definition) is 1. The summed E-state index contributed by atoms with van der Waals surface area (Å²) >= 11 is 0. The van der Waals surface area contributed by atoms with Crippen molar-refractivity contribution in [2.75, 3.05) is 13.7 Å². The molecule has 0 aromatic rings. The van der Waals surface area contributed by atoms with Gasteiger partial charge in [-0.15, -0.1) is 0 Å². The molecular weight excluding hydrogens is 202 g/mol. The smallest absolute Gasteiger partial charge is 0.310 e. The van der Waals surface area contributed by atoms with Crippen LogP contribution >= 0.6 is 0 Å². The molecule has 94 valence electrons. The highest BCUT2D eigenvalue weighted by Crippen LogP contribution is 2.22. The van der Waals surface area contributed by atoms with Gasteiger partial charge in [-0.25, -0.2) is 0 Å². The summed E-state index contributed by atoms with van der Waals surface area (Å²) in [6.07, 6.45) is 8.10. The first-order valence-electron chi connectivity index (χ1n) is 6.60. The average molecular weight is 227 g/mol. The molecule has 0 bridgehead atoms. The van der Waals surface area contributed by atoms with Gasteiger partial charge in [0.15, 0.2) is 0 Å². The molecule has 1 N–H and O–H groups in total.